The first-order valence-corrected chi connectivity index (χ1v) is 7.35. The maximum absolute atomic E-state index is 13.9. The Kier molecular flexibility index (Phi) is 4.11. The molecule has 124 valence electrons. The minimum absolute atomic E-state index is 0.0381. The molecule has 1 atom stereocenters. The molecular weight excluding hydrogens is 317 g/mol. The average molecular weight is 331 g/mol. The number of rotatable bonds is 3. The number of halogens is 1. The van der Waals surface area contributed by atoms with Crippen LogP contribution in [0, 0.1) is 11.7 Å². The van der Waals surface area contributed by atoms with Gasteiger partial charge in [-0.3, -0.25) is 14.4 Å². The van der Waals surface area contributed by atoms with E-state index >= 15 is 0 Å². The molecule has 24 heavy (non-hydrogen) atoms. The highest BCUT2D eigenvalue weighted by molar-refractivity contribution is 5.92. The van der Waals surface area contributed by atoms with Gasteiger partial charge in [-0.25, -0.2) is 4.39 Å². The fourth-order valence-electron chi connectivity index (χ4n) is 2.63. The zero-order chi connectivity index (χ0) is 17.3. The van der Waals surface area contributed by atoms with Gasteiger partial charge in [-0.2, -0.15) is 9.78 Å². The standard InChI is InChI=1S/C16H14FN3O4/c17-11-3-1-2-4-13(11)20-14(21)6-5-12(18-20)15(22)19-8-7-10(9-19)16(23)24/h1-6,10H,7-9H2,(H,23,24). The number of benzene rings is 1. The zero-order valence-corrected chi connectivity index (χ0v) is 12.6. The molecule has 0 aliphatic carbocycles. The van der Waals surface area contributed by atoms with Crippen LogP contribution in [0.3, 0.4) is 0 Å². The predicted octanol–water partition coefficient (Wildman–Crippen LogP) is 0.918. The summed E-state index contributed by atoms with van der Waals surface area (Å²) in [6.45, 7) is 0.394. The average Bonchev–Trinajstić information content (AvgIpc) is 3.06. The summed E-state index contributed by atoms with van der Waals surface area (Å²) in [4.78, 5) is 36.8. The Morgan fingerprint density at radius 1 is 1.21 bits per heavy atom. The molecule has 2 aromatic rings. The smallest absolute Gasteiger partial charge is 0.308 e. The second-order valence-electron chi connectivity index (χ2n) is 5.50. The van der Waals surface area contributed by atoms with E-state index in [2.05, 4.69) is 5.10 Å². The van der Waals surface area contributed by atoms with E-state index in [0.717, 1.165) is 10.7 Å². The predicted molar refractivity (Wildman–Crippen MR) is 81.4 cm³/mol. The van der Waals surface area contributed by atoms with Gasteiger partial charge < -0.3 is 10.0 Å². The van der Waals surface area contributed by atoms with Gasteiger partial charge in [0, 0.05) is 19.2 Å². The lowest BCUT2D eigenvalue weighted by Crippen LogP contribution is -2.33. The van der Waals surface area contributed by atoms with Crippen molar-refractivity contribution in [3.8, 4) is 5.69 Å². The molecule has 1 amide bonds. The molecule has 2 heterocycles. The van der Waals surface area contributed by atoms with Crippen LogP contribution in [0.2, 0.25) is 0 Å². The number of likely N-dealkylation sites (tertiary alicyclic amines) is 1. The Morgan fingerprint density at radius 2 is 1.96 bits per heavy atom. The van der Waals surface area contributed by atoms with E-state index in [4.69, 9.17) is 5.11 Å². The number of carbonyl (C=O) groups excluding carboxylic acids is 1. The molecule has 8 heteroatoms. The molecule has 0 spiro atoms. The van der Waals surface area contributed by atoms with Gasteiger partial charge in [-0.1, -0.05) is 12.1 Å². The Bertz CT molecular complexity index is 864. The summed E-state index contributed by atoms with van der Waals surface area (Å²) < 4.78 is 14.7. The van der Waals surface area contributed by atoms with Gasteiger partial charge >= 0.3 is 5.97 Å². The van der Waals surface area contributed by atoms with E-state index in [1.165, 1.54) is 29.2 Å². The molecule has 3 rings (SSSR count). The molecule has 1 aliphatic heterocycles. The van der Waals surface area contributed by atoms with Crippen LogP contribution in [-0.4, -0.2) is 44.8 Å². The molecule has 0 radical (unpaired) electrons. The van der Waals surface area contributed by atoms with Gasteiger partial charge in [0.2, 0.25) is 0 Å². The molecule has 1 saturated heterocycles. The second-order valence-corrected chi connectivity index (χ2v) is 5.50. The number of nitrogens with zero attached hydrogens (tertiary/aromatic N) is 3. The number of carbonyl (C=O) groups is 2. The molecule has 1 N–H and O–H groups in total. The number of amides is 1. The quantitative estimate of drug-likeness (QED) is 0.903. The van der Waals surface area contributed by atoms with Gasteiger partial charge in [0.25, 0.3) is 11.5 Å². The normalized spacial score (nSPS) is 17.0. The number of carboxylic acids is 1. The van der Waals surface area contributed by atoms with Crippen LogP contribution in [0.1, 0.15) is 16.9 Å². The summed E-state index contributed by atoms with van der Waals surface area (Å²) in [5, 5.41) is 12.9. The number of aliphatic carboxylic acids is 1. The summed E-state index contributed by atoms with van der Waals surface area (Å²) >= 11 is 0. The van der Waals surface area contributed by atoms with Crippen LogP contribution < -0.4 is 5.56 Å². The van der Waals surface area contributed by atoms with Crippen molar-refractivity contribution in [1.29, 1.82) is 0 Å². The fraction of sp³-hybridized carbons (Fsp3) is 0.250. The Labute approximate surface area is 135 Å². The Balaban J connectivity index is 1.92. The van der Waals surface area contributed by atoms with Crippen molar-refractivity contribution in [1.82, 2.24) is 14.7 Å². The maximum Gasteiger partial charge on any atom is 0.308 e. The van der Waals surface area contributed by atoms with E-state index in [1.807, 2.05) is 0 Å². The first-order valence-electron chi connectivity index (χ1n) is 7.35. The number of aromatic nitrogens is 2. The molecule has 1 aromatic heterocycles. The summed E-state index contributed by atoms with van der Waals surface area (Å²) in [5.74, 6) is -2.67. The third-order valence-electron chi connectivity index (χ3n) is 3.92. The van der Waals surface area contributed by atoms with E-state index in [9.17, 15) is 18.8 Å². The van der Waals surface area contributed by atoms with Crippen LogP contribution >= 0.6 is 0 Å². The largest absolute Gasteiger partial charge is 0.481 e. The highest BCUT2D eigenvalue weighted by Crippen LogP contribution is 2.18. The minimum Gasteiger partial charge on any atom is -0.481 e. The van der Waals surface area contributed by atoms with Gasteiger partial charge in [0.1, 0.15) is 17.2 Å². The van der Waals surface area contributed by atoms with Crippen molar-refractivity contribution in [2.75, 3.05) is 13.1 Å². The lowest BCUT2D eigenvalue weighted by molar-refractivity contribution is -0.141. The Hall–Kier alpha value is -3.03. The first-order chi connectivity index (χ1) is 11.5. The van der Waals surface area contributed by atoms with E-state index < -0.39 is 29.2 Å². The van der Waals surface area contributed by atoms with Crippen molar-refractivity contribution in [3.05, 3.63) is 58.3 Å². The summed E-state index contributed by atoms with van der Waals surface area (Å²) in [7, 11) is 0. The first kappa shape index (κ1) is 15.9. The van der Waals surface area contributed by atoms with Crippen molar-refractivity contribution < 1.29 is 19.1 Å². The fourth-order valence-corrected chi connectivity index (χ4v) is 2.63. The number of hydrogen-bond acceptors (Lipinski definition) is 4. The number of hydrogen-bond donors (Lipinski definition) is 1. The molecule has 7 nitrogen and oxygen atoms in total. The monoisotopic (exact) mass is 331 g/mol. The minimum atomic E-state index is -0.949. The topological polar surface area (TPSA) is 92.5 Å². The summed E-state index contributed by atoms with van der Waals surface area (Å²) in [6.07, 6.45) is 0.369. The third kappa shape index (κ3) is 2.90. The van der Waals surface area contributed by atoms with Crippen LogP contribution in [0.15, 0.2) is 41.2 Å². The molecule has 0 saturated carbocycles. The lowest BCUT2D eigenvalue weighted by atomic mass is 10.1. The van der Waals surface area contributed by atoms with Crippen molar-refractivity contribution in [3.63, 3.8) is 0 Å². The highest BCUT2D eigenvalue weighted by Gasteiger charge is 2.32. The van der Waals surface area contributed by atoms with E-state index in [-0.39, 0.29) is 17.9 Å². The molecule has 1 fully saturated rings. The van der Waals surface area contributed by atoms with E-state index in [1.54, 1.807) is 6.07 Å². The van der Waals surface area contributed by atoms with Crippen LogP contribution in [-0.2, 0) is 4.79 Å². The zero-order valence-electron chi connectivity index (χ0n) is 12.6. The Morgan fingerprint density at radius 3 is 2.62 bits per heavy atom. The summed E-state index contributed by atoms with van der Waals surface area (Å²) in [5.41, 5.74) is -0.660. The number of carboxylic acid groups (broad SMARTS) is 1. The second kappa shape index (κ2) is 6.23. The molecular formula is C16H14FN3O4. The lowest BCUT2D eigenvalue weighted by Gasteiger charge is -2.15. The highest BCUT2D eigenvalue weighted by atomic mass is 19.1. The van der Waals surface area contributed by atoms with Crippen molar-refractivity contribution in [2.24, 2.45) is 5.92 Å². The molecule has 1 aliphatic rings. The van der Waals surface area contributed by atoms with Crippen LogP contribution in [0.25, 0.3) is 5.69 Å². The van der Waals surface area contributed by atoms with Crippen molar-refractivity contribution >= 4 is 11.9 Å². The molecule has 1 aromatic carbocycles. The molecule has 1 unspecified atom stereocenters. The maximum atomic E-state index is 13.9. The SMILES string of the molecule is O=C(O)C1CCN(C(=O)c2ccc(=O)n(-c3ccccc3F)n2)C1. The van der Waals surface area contributed by atoms with Gasteiger partial charge in [0.15, 0.2) is 0 Å². The van der Waals surface area contributed by atoms with Gasteiger partial charge in [0.05, 0.1) is 5.92 Å². The number of para-hydroxylation sites is 1. The van der Waals surface area contributed by atoms with Gasteiger partial charge in [-0.05, 0) is 24.6 Å². The van der Waals surface area contributed by atoms with Crippen LogP contribution in [0.5, 0.6) is 0 Å². The molecule has 0 bridgehead atoms. The summed E-state index contributed by atoms with van der Waals surface area (Å²) in [6, 6.07) is 8.01. The van der Waals surface area contributed by atoms with Crippen LogP contribution in [0.4, 0.5) is 4.39 Å². The van der Waals surface area contributed by atoms with E-state index in [0.29, 0.717) is 13.0 Å². The van der Waals surface area contributed by atoms with Gasteiger partial charge in [-0.15, -0.1) is 0 Å². The third-order valence-corrected chi connectivity index (χ3v) is 3.92. The van der Waals surface area contributed by atoms with Crippen molar-refractivity contribution in [2.45, 2.75) is 6.42 Å².